The minimum absolute atomic E-state index is 0.154. The van der Waals surface area contributed by atoms with Gasteiger partial charge in [-0.1, -0.05) is 55.1 Å². The summed E-state index contributed by atoms with van der Waals surface area (Å²) < 4.78 is 11.0. The SMILES string of the molecule is C=C(C)C(=O)OCc1occc1C1CCc2c(ccc3c2ccc2ccccc23)C1. The van der Waals surface area contributed by atoms with E-state index >= 15 is 0 Å². The third-order valence-corrected chi connectivity index (χ3v) is 6.25. The van der Waals surface area contributed by atoms with Crippen LogP contribution in [0.4, 0.5) is 0 Å². The van der Waals surface area contributed by atoms with Crippen molar-refractivity contribution < 1.29 is 13.9 Å². The molecule has 150 valence electrons. The molecule has 0 aliphatic heterocycles. The zero-order valence-corrected chi connectivity index (χ0v) is 17.1. The largest absolute Gasteiger partial charge is 0.465 e. The molecule has 3 nitrogen and oxygen atoms in total. The molecule has 1 atom stereocenters. The van der Waals surface area contributed by atoms with Crippen molar-refractivity contribution in [1.82, 2.24) is 0 Å². The fraction of sp³-hybridized carbons (Fsp3) is 0.222. The van der Waals surface area contributed by atoms with Crippen LogP contribution in [0, 0.1) is 0 Å². The smallest absolute Gasteiger partial charge is 0.333 e. The maximum atomic E-state index is 11.7. The zero-order valence-electron chi connectivity index (χ0n) is 17.1. The van der Waals surface area contributed by atoms with Crippen LogP contribution in [0.2, 0.25) is 0 Å². The maximum Gasteiger partial charge on any atom is 0.333 e. The summed E-state index contributed by atoms with van der Waals surface area (Å²) in [5, 5.41) is 5.30. The van der Waals surface area contributed by atoms with Gasteiger partial charge in [0.05, 0.1) is 6.26 Å². The van der Waals surface area contributed by atoms with Crippen molar-refractivity contribution in [2.75, 3.05) is 0 Å². The van der Waals surface area contributed by atoms with Crippen molar-refractivity contribution in [3.8, 4) is 0 Å². The normalized spacial score (nSPS) is 15.8. The molecule has 1 heterocycles. The molecular formula is C27H24O3. The van der Waals surface area contributed by atoms with E-state index in [1.807, 2.05) is 6.07 Å². The molecular weight excluding hydrogens is 372 g/mol. The van der Waals surface area contributed by atoms with Gasteiger partial charge in [0.1, 0.15) is 12.4 Å². The van der Waals surface area contributed by atoms with Crippen molar-refractivity contribution in [3.63, 3.8) is 0 Å². The van der Waals surface area contributed by atoms with Crippen LogP contribution < -0.4 is 0 Å². The van der Waals surface area contributed by atoms with E-state index in [-0.39, 0.29) is 12.6 Å². The second-order valence-electron chi connectivity index (χ2n) is 8.18. The third-order valence-electron chi connectivity index (χ3n) is 6.25. The van der Waals surface area contributed by atoms with Crippen LogP contribution in [0.3, 0.4) is 0 Å². The van der Waals surface area contributed by atoms with Gasteiger partial charge in [-0.2, -0.15) is 0 Å². The van der Waals surface area contributed by atoms with Crippen LogP contribution in [-0.4, -0.2) is 5.97 Å². The molecule has 3 aromatic carbocycles. The van der Waals surface area contributed by atoms with E-state index < -0.39 is 0 Å². The zero-order chi connectivity index (χ0) is 20.7. The van der Waals surface area contributed by atoms with Crippen LogP contribution in [-0.2, 0) is 29.0 Å². The van der Waals surface area contributed by atoms with E-state index in [2.05, 4.69) is 55.1 Å². The Kier molecular flexibility index (Phi) is 4.66. The summed E-state index contributed by atoms with van der Waals surface area (Å²) >= 11 is 0. The van der Waals surface area contributed by atoms with Crippen molar-refractivity contribution >= 4 is 27.5 Å². The van der Waals surface area contributed by atoms with E-state index in [9.17, 15) is 4.79 Å². The molecule has 0 saturated heterocycles. The average molecular weight is 396 g/mol. The number of aryl methyl sites for hydroxylation is 1. The fourth-order valence-corrected chi connectivity index (χ4v) is 4.72. The Morgan fingerprint density at radius 3 is 2.77 bits per heavy atom. The number of rotatable bonds is 4. The van der Waals surface area contributed by atoms with Crippen molar-refractivity contribution in [1.29, 1.82) is 0 Å². The molecule has 0 saturated carbocycles. The number of furan rings is 1. The third kappa shape index (κ3) is 3.21. The molecule has 0 radical (unpaired) electrons. The number of carbonyl (C=O) groups excluding carboxylic acids is 1. The molecule has 30 heavy (non-hydrogen) atoms. The number of benzene rings is 3. The highest BCUT2D eigenvalue weighted by Gasteiger charge is 2.25. The number of esters is 1. The Hall–Kier alpha value is -3.33. The molecule has 1 unspecified atom stereocenters. The molecule has 0 amide bonds. The number of fused-ring (bicyclic) bond motifs is 5. The minimum Gasteiger partial charge on any atom is -0.465 e. The number of hydrogen-bond acceptors (Lipinski definition) is 3. The van der Waals surface area contributed by atoms with Crippen molar-refractivity contribution in [2.45, 2.75) is 38.7 Å². The first-order valence-corrected chi connectivity index (χ1v) is 10.4. The standard InChI is InChI=1S/C27H24O3/c1-17(2)27(28)30-16-26-23(13-14-29-26)20-8-10-22-19(15-20)9-12-24-21-6-4-3-5-18(21)7-11-25(22)24/h3-7,9,11-14,20H,1,8,10,15-16H2,2H3. The van der Waals surface area contributed by atoms with Gasteiger partial charge in [0, 0.05) is 11.1 Å². The average Bonchev–Trinajstić information content (AvgIpc) is 3.25. The maximum absolute atomic E-state index is 11.7. The van der Waals surface area contributed by atoms with Gasteiger partial charge in [0.25, 0.3) is 0 Å². The summed E-state index contributed by atoms with van der Waals surface area (Å²) in [4.78, 5) is 11.7. The molecule has 0 N–H and O–H groups in total. The summed E-state index contributed by atoms with van der Waals surface area (Å²) in [5.74, 6) is 0.725. The number of carbonyl (C=O) groups is 1. The van der Waals surface area contributed by atoms with E-state index in [4.69, 9.17) is 9.15 Å². The van der Waals surface area contributed by atoms with Gasteiger partial charge >= 0.3 is 5.97 Å². The molecule has 3 heteroatoms. The number of hydrogen-bond donors (Lipinski definition) is 0. The molecule has 0 bridgehead atoms. The summed E-state index contributed by atoms with van der Waals surface area (Å²) in [6.07, 6.45) is 4.76. The predicted octanol–water partition coefficient (Wildman–Crippen LogP) is 6.48. The molecule has 0 spiro atoms. The van der Waals surface area contributed by atoms with Crippen LogP contribution in [0.25, 0.3) is 21.5 Å². The van der Waals surface area contributed by atoms with E-state index in [1.54, 1.807) is 13.2 Å². The Morgan fingerprint density at radius 1 is 1.07 bits per heavy atom. The highest BCUT2D eigenvalue weighted by atomic mass is 16.5. The number of ether oxygens (including phenoxy) is 1. The van der Waals surface area contributed by atoms with Gasteiger partial charge in [0.15, 0.2) is 0 Å². The van der Waals surface area contributed by atoms with Gasteiger partial charge in [0.2, 0.25) is 0 Å². The van der Waals surface area contributed by atoms with Crippen LogP contribution in [0.15, 0.2) is 77.4 Å². The summed E-state index contributed by atoms with van der Waals surface area (Å²) in [7, 11) is 0. The Bertz CT molecular complexity index is 1280. The van der Waals surface area contributed by atoms with E-state index in [1.165, 1.54) is 32.7 Å². The van der Waals surface area contributed by atoms with Gasteiger partial charge < -0.3 is 9.15 Å². The van der Waals surface area contributed by atoms with Gasteiger partial charge in [-0.05, 0) is 70.8 Å². The van der Waals surface area contributed by atoms with Gasteiger partial charge in [-0.15, -0.1) is 0 Å². The van der Waals surface area contributed by atoms with E-state index in [0.29, 0.717) is 11.5 Å². The second-order valence-corrected chi connectivity index (χ2v) is 8.18. The highest BCUT2D eigenvalue weighted by Crippen LogP contribution is 2.39. The molecule has 4 aromatic rings. The monoisotopic (exact) mass is 396 g/mol. The molecule has 5 rings (SSSR count). The van der Waals surface area contributed by atoms with Crippen molar-refractivity contribution in [3.05, 3.63) is 95.5 Å². The predicted molar refractivity (Wildman–Crippen MR) is 120 cm³/mol. The molecule has 0 fully saturated rings. The Morgan fingerprint density at radius 2 is 1.90 bits per heavy atom. The summed E-state index contributed by atoms with van der Waals surface area (Å²) in [6.45, 7) is 5.43. The lowest BCUT2D eigenvalue weighted by molar-refractivity contribution is -0.140. The summed E-state index contributed by atoms with van der Waals surface area (Å²) in [6, 6.07) is 19.7. The van der Waals surface area contributed by atoms with Gasteiger partial charge in [-0.3, -0.25) is 0 Å². The first-order chi connectivity index (χ1) is 14.6. The lowest BCUT2D eigenvalue weighted by Crippen LogP contribution is -2.14. The molecule has 1 aliphatic carbocycles. The first kappa shape index (κ1) is 18.7. The quantitative estimate of drug-likeness (QED) is 0.225. The van der Waals surface area contributed by atoms with Crippen LogP contribution >= 0.6 is 0 Å². The highest BCUT2D eigenvalue weighted by molar-refractivity contribution is 6.08. The fourth-order valence-electron chi connectivity index (χ4n) is 4.72. The second kappa shape index (κ2) is 7.49. The van der Waals surface area contributed by atoms with Gasteiger partial charge in [-0.25, -0.2) is 4.79 Å². The molecule has 1 aromatic heterocycles. The summed E-state index contributed by atoms with van der Waals surface area (Å²) in [5.41, 5.74) is 4.41. The first-order valence-electron chi connectivity index (χ1n) is 10.4. The van der Waals surface area contributed by atoms with Crippen molar-refractivity contribution in [2.24, 2.45) is 0 Å². The lowest BCUT2D eigenvalue weighted by atomic mass is 9.78. The van der Waals surface area contributed by atoms with Crippen LogP contribution in [0.1, 0.15) is 41.7 Å². The van der Waals surface area contributed by atoms with Crippen LogP contribution in [0.5, 0.6) is 0 Å². The molecule has 1 aliphatic rings. The lowest BCUT2D eigenvalue weighted by Gasteiger charge is -2.26. The Balaban J connectivity index is 1.44. The Labute approximate surface area is 176 Å². The minimum atomic E-state index is -0.384. The van der Waals surface area contributed by atoms with E-state index in [0.717, 1.165) is 30.6 Å². The topological polar surface area (TPSA) is 39.4 Å².